The number of nitrogens with zero attached hydrogens (tertiary/aromatic N) is 2. The third-order valence-corrected chi connectivity index (χ3v) is 5.98. The Morgan fingerprint density at radius 2 is 2.08 bits per heavy atom. The smallest absolute Gasteiger partial charge is 0.248 e. The molecule has 1 N–H and O–H groups in total. The summed E-state index contributed by atoms with van der Waals surface area (Å²) in [5.41, 5.74) is -1.46. The molecule has 25 heavy (non-hydrogen) atoms. The highest BCUT2D eigenvalue weighted by molar-refractivity contribution is 5.79. The van der Waals surface area contributed by atoms with Crippen LogP contribution in [0.25, 0.3) is 0 Å². The summed E-state index contributed by atoms with van der Waals surface area (Å²) in [6.07, 6.45) is 4.95. The van der Waals surface area contributed by atoms with Crippen molar-refractivity contribution in [2.75, 3.05) is 46.0 Å². The molecule has 4 aliphatic rings. The van der Waals surface area contributed by atoms with Gasteiger partial charge in [0.15, 0.2) is 0 Å². The Hall–Kier alpha value is -1.18. The normalized spacial score (nSPS) is 32.4. The van der Waals surface area contributed by atoms with Crippen molar-refractivity contribution in [3.05, 3.63) is 0 Å². The van der Waals surface area contributed by atoms with Crippen LogP contribution in [-0.4, -0.2) is 83.9 Å². The summed E-state index contributed by atoms with van der Waals surface area (Å²) in [7, 11) is 0. The van der Waals surface area contributed by atoms with Crippen LogP contribution in [-0.2, 0) is 19.1 Å². The summed E-state index contributed by atoms with van der Waals surface area (Å²) in [5, 5.41) is 10.3. The standard InChI is InChI=1S/C18H28N2O5/c21-15(8-17(23)4-1-5-17)19-6-7-24-13-18(11-19)12-20(9-14-2-3-14)16(22)10-25-18/h14,23H,1-13H2. The lowest BCUT2D eigenvalue weighted by atomic mass is 9.77. The molecule has 0 aromatic rings. The summed E-state index contributed by atoms with van der Waals surface area (Å²) in [5.74, 6) is 0.612. The number of carbonyl (C=O) groups is 2. The second-order valence-electron chi connectivity index (χ2n) is 8.31. The van der Waals surface area contributed by atoms with E-state index < -0.39 is 11.2 Å². The van der Waals surface area contributed by atoms with Crippen LogP contribution in [0.1, 0.15) is 38.5 Å². The molecule has 4 fully saturated rings. The van der Waals surface area contributed by atoms with Crippen LogP contribution in [0, 0.1) is 5.92 Å². The van der Waals surface area contributed by atoms with Crippen molar-refractivity contribution in [3.8, 4) is 0 Å². The minimum absolute atomic E-state index is 0.0310. The number of carbonyl (C=O) groups excluding carboxylic acids is 2. The van der Waals surface area contributed by atoms with E-state index in [1.54, 1.807) is 4.90 Å². The molecule has 0 radical (unpaired) electrons. The molecule has 1 spiro atoms. The van der Waals surface area contributed by atoms with Gasteiger partial charge < -0.3 is 24.4 Å². The van der Waals surface area contributed by atoms with E-state index in [4.69, 9.17) is 9.47 Å². The molecular weight excluding hydrogens is 324 g/mol. The Morgan fingerprint density at radius 1 is 1.28 bits per heavy atom. The van der Waals surface area contributed by atoms with E-state index >= 15 is 0 Å². The highest BCUT2D eigenvalue weighted by Gasteiger charge is 2.46. The van der Waals surface area contributed by atoms with Crippen molar-refractivity contribution < 1.29 is 24.2 Å². The van der Waals surface area contributed by atoms with Crippen LogP contribution >= 0.6 is 0 Å². The molecule has 4 rings (SSSR count). The molecule has 2 amide bonds. The number of rotatable bonds is 4. The summed E-state index contributed by atoms with van der Waals surface area (Å²) in [4.78, 5) is 28.5. The topological polar surface area (TPSA) is 79.3 Å². The van der Waals surface area contributed by atoms with Gasteiger partial charge in [0.25, 0.3) is 0 Å². The van der Waals surface area contributed by atoms with Crippen LogP contribution < -0.4 is 0 Å². The van der Waals surface area contributed by atoms with Crippen molar-refractivity contribution >= 4 is 11.8 Å². The Kier molecular flexibility index (Phi) is 4.50. The number of morpholine rings is 1. The Bertz CT molecular complexity index is 546. The fourth-order valence-corrected chi connectivity index (χ4v) is 4.02. The van der Waals surface area contributed by atoms with E-state index in [0.29, 0.717) is 51.6 Å². The molecule has 1 atom stereocenters. The predicted molar refractivity (Wildman–Crippen MR) is 88.8 cm³/mol. The van der Waals surface area contributed by atoms with Gasteiger partial charge in [0.05, 0.1) is 38.3 Å². The maximum atomic E-state index is 12.7. The van der Waals surface area contributed by atoms with Gasteiger partial charge in [-0.05, 0) is 38.0 Å². The Balaban J connectivity index is 1.43. The number of ether oxygens (including phenoxy) is 2. The highest BCUT2D eigenvalue weighted by atomic mass is 16.6. The first-order chi connectivity index (χ1) is 12.0. The first kappa shape index (κ1) is 17.2. The molecule has 2 aliphatic heterocycles. The molecule has 2 heterocycles. The molecule has 2 saturated heterocycles. The quantitative estimate of drug-likeness (QED) is 0.780. The van der Waals surface area contributed by atoms with Gasteiger partial charge in [0.2, 0.25) is 11.8 Å². The van der Waals surface area contributed by atoms with E-state index in [1.165, 1.54) is 12.8 Å². The Labute approximate surface area is 148 Å². The number of aliphatic hydroxyl groups is 1. The average Bonchev–Trinajstić information content (AvgIpc) is 3.37. The van der Waals surface area contributed by atoms with Gasteiger partial charge in [0, 0.05) is 13.1 Å². The van der Waals surface area contributed by atoms with Gasteiger partial charge in [-0.1, -0.05) is 0 Å². The van der Waals surface area contributed by atoms with Gasteiger partial charge in [0.1, 0.15) is 12.2 Å². The molecule has 7 nitrogen and oxygen atoms in total. The van der Waals surface area contributed by atoms with Gasteiger partial charge in [-0.25, -0.2) is 0 Å². The Morgan fingerprint density at radius 3 is 2.76 bits per heavy atom. The zero-order valence-electron chi connectivity index (χ0n) is 14.7. The van der Waals surface area contributed by atoms with Crippen molar-refractivity contribution in [3.63, 3.8) is 0 Å². The monoisotopic (exact) mass is 352 g/mol. The zero-order chi connectivity index (χ0) is 17.5. The van der Waals surface area contributed by atoms with Crippen LogP contribution in [0.4, 0.5) is 0 Å². The van der Waals surface area contributed by atoms with Gasteiger partial charge >= 0.3 is 0 Å². The fraction of sp³-hybridized carbons (Fsp3) is 0.889. The number of hydrogen-bond acceptors (Lipinski definition) is 5. The summed E-state index contributed by atoms with van der Waals surface area (Å²) in [6, 6.07) is 0. The van der Waals surface area contributed by atoms with E-state index in [-0.39, 0.29) is 24.8 Å². The lowest BCUT2D eigenvalue weighted by Crippen LogP contribution is -2.61. The van der Waals surface area contributed by atoms with E-state index in [9.17, 15) is 14.7 Å². The molecule has 2 aliphatic carbocycles. The lowest BCUT2D eigenvalue weighted by Gasteiger charge is -2.44. The third-order valence-electron chi connectivity index (χ3n) is 5.98. The lowest BCUT2D eigenvalue weighted by molar-refractivity contribution is -0.175. The summed E-state index contributed by atoms with van der Waals surface area (Å²) < 4.78 is 11.6. The van der Waals surface area contributed by atoms with Crippen LogP contribution in [0.2, 0.25) is 0 Å². The molecule has 0 bridgehead atoms. The molecule has 140 valence electrons. The van der Waals surface area contributed by atoms with Crippen molar-refractivity contribution in [1.29, 1.82) is 0 Å². The maximum absolute atomic E-state index is 12.7. The predicted octanol–water partition coefficient (Wildman–Crippen LogP) is 0.158. The van der Waals surface area contributed by atoms with Crippen molar-refractivity contribution in [2.45, 2.75) is 49.7 Å². The minimum atomic E-state index is -0.821. The van der Waals surface area contributed by atoms with Crippen LogP contribution in [0.5, 0.6) is 0 Å². The van der Waals surface area contributed by atoms with Gasteiger partial charge in [-0.15, -0.1) is 0 Å². The molecule has 1 unspecified atom stereocenters. The molecule has 7 heteroatoms. The highest BCUT2D eigenvalue weighted by Crippen LogP contribution is 2.36. The SMILES string of the molecule is O=C(CC1(O)CCC1)N1CCOCC2(C1)CN(CC1CC1)C(=O)CO2. The molecule has 0 aromatic heterocycles. The van der Waals surface area contributed by atoms with Crippen molar-refractivity contribution in [1.82, 2.24) is 9.80 Å². The van der Waals surface area contributed by atoms with Crippen LogP contribution in [0.15, 0.2) is 0 Å². The van der Waals surface area contributed by atoms with Gasteiger partial charge in [-0.2, -0.15) is 0 Å². The molecular formula is C18H28N2O5. The molecule has 0 aromatic carbocycles. The molecule has 2 saturated carbocycles. The average molecular weight is 352 g/mol. The van der Waals surface area contributed by atoms with E-state index in [2.05, 4.69) is 0 Å². The first-order valence-corrected chi connectivity index (χ1v) is 9.47. The summed E-state index contributed by atoms with van der Waals surface area (Å²) in [6.45, 7) is 3.13. The second-order valence-corrected chi connectivity index (χ2v) is 8.31. The van der Waals surface area contributed by atoms with Crippen molar-refractivity contribution in [2.24, 2.45) is 5.92 Å². The largest absolute Gasteiger partial charge is 0.389 e. The third kappa shape index (κ3) is 3.83. The maximum Gasteiger partial charge on any atom is 0.248 e. The second kappa shape index (κ2) is 6.52. The minimum Gasteiger partial charge on any atom is -0.389 e. The zero-order valence-corrected chi connectivity index (χ0v) is 14.7. The summed E-state index contributed by atoms with van der Waals surface area (Å²) >= 11 is 0. The van der Waals surface area contributed by atoms with Crippen LogP contribution in [0.3, 0.4) is 0 Å². The number of hydrogen-bond donors (Lipinski definition) is 1. The fourth-order valence-electron chi connectivity index (χ4n) is 4.02. The van der Waals surface area contributed by atoms with E-state index in [0.717, 1.165) is 13.0 Å². The number of amides is 2. The first-order valence-electron chi connectivity index (χ1n) is 9.47. The van der Waals surface area contributed by atoms with E-state index in [1.807, 2.05) is 4.90 Å². The van der Waals surface area contributed by atoms with Gasteiger partial charge in [-0.3, -0.25) is 9.59 Å².